The maximum Gasteiger partial charge on any atom is 0.416 e. The maximum absolute atomic E-state index is 13.1. The number of carbonyl (C=O) groups excluding carboxylic acids is 1. The number of amidine groups is 1. The van der Waals surface area contributed by atoms with Crippen LogP contribution in [-0.2, 0) is 17.6 Å². The molecule has 0 radical (unpaired) electrons. The molecule has 4 aromatic rings. The number of alkyl halides is 3. The van der Waals surface area contributed by atoms with E-state index in [1.165, 1.54) is 26.2 Å². The molecule has 1 aliphatic heterocycles. The Morgan fingerprint density at radius 3 is 2.14 bits per heavy atom. The third-order valence-corrected chi connectivity index (χ3v) is 7.06. The Hall–Kier alpha value is -4.99. The molecule has 7 nitrogen and oxygen atoms in total. The quantitative estimate of drug-likeness (QED) is 0.205. The van der Waals surface area contributed by atoms with Gasteiger partial charge in [0.2, 0.25) is 0 Å². The van der Waals surface area contributed by atoms with Gasteiger partial charge < -0.3 is 14.4 Å². The van der Waals surface area contributed by atoms with Crippen molar-refractivity contribution >= 4 is 28.7 Å². The first-order valence-electron chi connectivity index (χ1n) is 13.5. The van der Waals surface area contributed by atoms with E-state index in [-0.39, 0.29) is 18.2 Å². The summed E-state index contributed by atoms with van der Waals surface area (Å²) in [4.78, 5) is 16.9. The van der Waals surface area contributed by atoms with Crippen molar-refractivity contribution in [1.29, 1.82) is 0 Å². The number of rotatable bonds is 9. The highest BCUT2D eigenvalue weighted by atomic mass is 19.4. The summed E-state index contributed by atoms with van der Waals surface area (Å²) in [5.41, 5.74) is 2.93. The van der Waals surface area contributed by atoms with E-state index < -0.39 is 17.9 Å². The van der Waals surface area contributed by atoms with Crippen LogP contribution in [0.3, 0.4) is 0 Å². The topological polar surface area (TPSA) is 57.6 Å². The van der Waals surface area contributed by atoms with Gasteiger partial charge >= 0.3 is 6.18 Å². The van der Waals surface area contributed by atoms with Crippen LogP contribution in [0, 0.1) is 0 Å². The van der Waals surface area contributed by atoms with Crippen molar-refractivity contribution in [2.24, 2.45) is 5.10 Å². The van der Waals surface area contributed by atoms with Gasteiger partial charge in [-0.05, 0) is 60.2 Å². The number of benzene rings is 4. The molecule has 0 saturated heterocycles. The molecule has 43 heavy (non-hydrogen) atoms. The molecule has 4 aromatic carbocycles. The van der Waals surface area contributed by atoms with Gasteiger partial charge in [-0.1, -0.05) is 42.5 Å². The summed E-state index contributed by atoms with van der Waals surface area (Å²) in [6.07, 6.45) is -5.09. The zero-order chi connectivity index (χ0) is 30.7. The summed E-state index contributed by atoms with van der Waals surface area (Å²) in [6.45, 7) is 1.46. The van der Waals surface area contributed by atoms with Crippen molar-refractivity contribution in [3.05, 3.63) is 114 Å². The van der Waals surface area contributed by atoms with Crippen LogP contribution in [0.25, 0.3) is 0 Å². The number of ketones is 1. The van der Waals surface area contributed by atoms with Gasteiger partial charge in [-0.2, -0.15) is 13.2 Å². The van der Waals surface area contributed by atoms with Crippen molar-refractivity contribution in [3.63, 3.8) is 0 Å². The van der Waals surface area contributed by atoms with Crippen LogP contribution < -0.4 is 24.3 Å². The Morgan fingerprint density at radius 1 is 0.884 bits per heavy atom. The summed E-state index contributed by atoms with van der Waals surface area (Å²) >= 11 is 0. The molecule has 0 aromatic heterocycles. The molecule has 10 heteroatoms. The average Bonchev–Trinajstić information content (AvgIpc) is 3.41. The molecule has 0 spiro atoms. The number of nitrogens with zero attached hydrogens (tertiary/aromatic N) is 4. The number of Topliss-reactive ketones (excluding diaryl/α,β-unsaturated/α-hetero) is 1. The van der Waals surface area contributed by atoms with Gasteiger partial charge in [-0.3, -0.25) is 9.69 Å². The second kappa shape index (κ2) is 12.1. The first-order valence-corrected chi connectivity index (χ1v) is 13.5. The standard InChI is InChI=1S/C33H31F3N4O3/c1-22(41)31-37-40(27-9-6-5-7-10-27)32(39(31)26-19-17-25(18-20-26)38(2)3)28-11-8-12-29(42-4)30(28)43-21-23-13-15-24(16-14-23)33(34,35)36/h5-20,32H,21H2,1-4H3. The molecule has 0 bridgehead atoms. The van der Waals surface area contributed by atoms with Gasteiger partial charge in [0.1, 0.15) is 6.61 Å². The molecule has 5 rings (SSSR count). The van der Waals surface area contributed by atoms with E-state index in [1.54, 1.807) is 11.1 Å². The van der Waals surface area contributed by atoms with Gasteiger partial charge in [0.15, 0.2) is 29.3 Å². The van der Waals surface area contributed by atoms with Gasteiger partial charge in [0.05, 0.1) is 18.4 Å². The van der Waals surface area contributed by atoms with Crippen LogP contribution in [0.2, 0.25) is 0 Å². The fourth-order valence-corrected chi connectivity index (χ4v) is 4.89. The third kappa shape index (κ3) is 6.13. The van der Waals surface area contributed by atoms with E-state index in [0.717, 1.165) is 29.2 Å². The average molecular weight is 589 g/mol. The van der Waals surface area contributed by atoms with Crippen LogP contribution >= 0.6 is 0 Å². The van der Waals surface area contributed by atoms with E-state index in [2.05, 4.69) is 0 Å². The summed E-state index contributed by atoms with van der Waals surface area (Å²) in [5, 5.41) is 6.55. The molecule has 1 aliphatic rings. The van der Waals surface area contributed by atoms with E-state index in [9.17, 15) is 18.0 Å². The predicted octanol–water partition coefficient (Wildman–Crippen LogP) is 7.29. The van der Waals surface area contributed by atoms with Crippen molar-refractivity contribution in [1.82, 2.24) is 0 Å². The second-order valence-electron chi connectivity index (χ2n) is 10.2. The molecule has 0 aliphatic carbocycles. The number of hydrogen-bond donors (Lipinski definition) is 0. The number of para-hydroxylation sites is 2. The highest BCUT2D eigenvalue weighted by Crippen LogP contribution is 2.45. The monoisotopic (exact) mass is 588 g/mol. The summed E-state index contributed by atoms with van der Waals surface area (Å²) in [6, 6.07) is 27.5. The smallest absolute Gasteiger partial charge is 0.416 e. The van der Waals surface area contributed by atoms with Crippen LogP contribution in [0.5, 0.6) is 11.5 Å². The van der Waals surface area contributed by atoms with Crippen molar-refractivity contribution in [2.75, 3.05) is 36.0 Å². The molecule has 222 valence electrons. The molecule has 0 fully saturated rings. The van der Waals surface area contributed by atoms with Crippen LogP contribution in [0.1, 0.15) is 29.8 Å². The normalized spacial score (nSPS) is 14.9. The number of carbonyl (C=O) groups is 1. The summed E-state index contributed by atoms with van der Waals surface area (Å²) < 4.78 is 51.3. The minimum atomic E-state index is -4.43. The van der Waals surface area contributed by atoms with E-state index >= 15 is 0 Å². The fourth-order valence-electron chi connectivity index (χ4n) is 4.89. The molecule has 0 N–H and O–H groups in total. The lowest BCUT2D eigenvalue weighted by molar-refractivity contribution is -0.137. The Labute approximate surface area is 248 Å². The highest BCUT2D eigenvalue weighted by molar-refractivity contribution is 6.44. The van der Waals surface area contributed by atoms with Gasteiger partial charge in [-0.15, -0.1) is 5.10 Å². The number of hydrazone groups is 1. The Balaban J connectivity index is 1.61. The number of hydrogen-bond acceptors (Lipinski definition) is 7. The lowest BCUT2D eigenvalue weighted by Crippen LogP contribution is -2.38. The van der Waals surface area contributed by atoms with E-state index in [0.29, 0.717) is 22.6 Å². The summed E-state index contributed by atoms with van der Waals surface area (Å²) in [5.74, 6) is 0.820. The number of anilines is 3. The lowest BCUT2D eigenvalue weighted by Gasteiger charge is -2.33. The zero-order valence-electron chi connectivity index (χ0n) is 24.2. The number of methoxy groups -OCH3 is 1. The maximum atomic E-state index is 13.1. The second-order valence-corrected chi connectivity index (χ2v) is 10.2. The lowest BCUT2D eigenvalue weighted by atomic mass is 10.1. The van der Waals surface area contributed by atoms with E-state index in [1.807, 2.05) is 90.6 Å². The van der Waals surface area contributed by atoms with Gasteiger partial charge in [0, 0.05) is 38.0 Å². The first kappa shape index (κ1) is 29.5. The van der Waals surface area contributed by atoms with E-state index in [4.69, 9.17) is 14.6 Å². The number of halogens is 3. The van der Waals surface area contributed by atoms with Crippen molar-refractivity contribution < 1.29 is 27.4 Å². The molecule has 0 amide bonds. The largest absolute Gasteiger partial charge is 0.493 e. The van der Waals surface area contributed by atoms with Crippen molar-refractivity contribution in [3.8, 4) is 11.5 Å². The molecular weight excluding hydrogens is 557 g/mol. The van der Waals surface area contributed by atoms with Crippen LogP contribution in [0.15, 0.2) is 102 Å². The Bertz CT molecular complexity index is 1610. The Morgan fingerprint density at radius 2 is 1.56 bits per heavy atom. The van der Waals surface area contributed by atoms with Crippen LogP contribution in [-0.4, -0.2) is 32.8 Å². The van der Waals surface area contributed by atoms with Crippen molar-refractivity contribution in [2.45, 2.75) is 25.9 Å². The van der Waals surface area contributed by atoms with Gasteiger partial charge in [0.25, 0.3) is 0 Å². The summed E-state index contributed by atoms with van der Waals surface area (Å²) in [7, 11) is 5.41. The van der Waals surface area contributed by atoms with Gasteiger partial charge in [-0.25, -0.2) is 5.01 Å². The minimum Gasteiger partial charge on any atom is -0.493 e. The SMILES string of the molecule is COc1cccc(C2N(c3ccccc3)N=C(C(C)=O)N2c2ccc(N(C)C)cc2)c1OCc1ccc(C(F)(F)F)cc1. The predicted molar refractivity (Wildman–Crippen MR) is 162 cm³/mol. The molecule has 1 atom stereocenters. The first-order chi connectivity index (χ1) is 20.6. The Kier molecular flexibility index (Phi) is 8.29. The third-order valence-electron chi connectivity index (χ3n) is 7.06. The number of ether oxygens (including phenoxy) is 2. The van der Waals surface area contributed by atoms with Crippen LogP contribution in [0.4, 0.5) is 30.2 Å². The minimum absolute atomic E-state index is 0.0124. The molecule has 0 saturated carbocycles. The zero-order valence-corrected chi connectivity index (χ0v) is 24.2. The molecule has 1 unspecified atom stereocenters. The molecular formula is C33H31F3N4O3. The fraction of sp³-hybridized carbons (Fsp3) is 0.212. The molecule has 1 heterocycles. The highest BCUT2D eigenvalue weighted by Gasteiger charge is 2.41.